The minimum atomic E-state index is 0.164. The number of hydrogen-bond donors (Lipinski definition) is 0. The first-order valence-corrected chi connectivity index (χ1v) is 9.13. The van der Waals surface area contributed by atoms with Gasteiger partial charge in [0.05, 0.1) is 24.3 Å². The normalized spacial score (nSPS) is 26.6. The third kappa shape index (κ3) is 3.04. The zero-order valence-corrected chi connectivity index (χ0v) is 14.3. The Morgan fingerprint density at radius 3 is 2.79 bits per heavy atom. The van der Waals surface area contributed by atoms with Crippen LogP contribution in [0.3, 0.4) is 0 Å². The molecule has 0 radical (unpaired) electrons. The summed E-state index contributed by atoms with van der Waals surface area (Å²) in [5.41, 5.74) is 1.91. The lowest BCUT2D eigenvalue weighted by molar-refractivity contribution is -0.142. The molecular formula is C19H25N3O2. The van der Waals surface area contributed by atoms with Crippen LogP contribution in [0.25, 0.3) is 0 Å². The summed E-state index contributed by atoms with van der Waals surface area (Å²) in [6.07, 6.45) is 5.38. The van der Waals surface area contributed by atoms with Crippen LogP contribution < -0.4 is 0 Å². The van der Waals surface area contributed by atoms with Gasteiger partial charge in [-0.1, -0.05) is 6.07 Å². The molecule has 5 heteroatoms. The van der Waals surface area contributed by atoms with Gasteiger partial charge in [0.1, 0.15) is 0 Å². The summed E-state index contributed by atoms with van der Waals surface area (Å²) >= 11 is 0. The molecule has 0 spiro atoms. The van der Waals surface area contributed by atoms with Gasteiger partial charge in [0.15, 0.2) is 0 Å². The van der Waals surface area contributed by atoms with Crippen molar-refractivity contribution in [2.75, 3.05) is 6.54 Å². The fourth-order valence-electron chi connectivity index (χ4n) is 4.21. The van der Waals surface area contributed by atoms with Crippen molar-refractivity contribution in [3.63, 3.8) is 0 Å². The average Bonchev–Trinajstić information content (AvgIpc) is 3.25. The first kappa shape index (κ1) is 15.6. The number of aromatic nitrogens is 1. The third-order valence-corrected chi connectivity index (χ3v) is 5.64. The summed E-state index contributed by atoms with van der Waals surface area (Å²) in [5.74, 6) is 1.12. The van der Waals surface area contributed by atoms with Crippen molar-refractivity contribution in [3.8, 4) is 0 Å². The first-order valence-electron chi connectivity index (χ1n) is 9.13. The Labute approximate surface area is 143 Å². The first-order chi connectivity index (χ1) is 11.6. The molecule has 2 atom stereocenters. The molecule has 24 heavy (non-hydrogen) atoms. The van der Waals surface area contributed by atoms with E-state index in [-0.39, 0.29) is 18.0 Å². The molecule has 1 aliphatic carbocycles. The van der Waals surface area contributed by atoms with Crippen LogP contribution >= 0.6 is 0 Å². The Morgan fingerprint density at radius 2 is 2.04 bits per heavy atom. The van der Waals surface area contributed by atoms with Crippen molar-refractivity contribution in [1.29, 1.82) is 0 Å². The Hall–Kier alpha value is -1.91. The number of rotatable bonds is 4. The molecule has 0 unspecified atom stereocenters. The molecule has 5 nitrogen and oxygen atoms in total. The van der Waals surface area contributed by atoms with E-state index in [2.05, 4.69) is 9.88 Å². The van der Waals surface area contributed by atoms with E-state index < -0.39 is 0 Å². The molecule has 2 amide bonds. The van der Waals surface area contributed by atoms with Crippen molar-refractivity contribution in [1.82, 2.24) is 14.8 Å². The number of aryl methyl sites for hydroxylation is 1. The van der Waals surface area contributed by atoms with Crippen LogP contribution in [0.5, 0.6) is 0 Å². The second kappa shape index (κ2) is 6.19. The number of carbonyl (C=O) groups excluding carboxylic acids is 2. The van der Waals surface area contributed by atoms with Crippen molar-refractivity contribution in [2.24, 2.45) is 5.92 Å². The Bertz CT molecular complexity index is 656. The van der Waals surface area contributed by atoms with Crippen LogP contribution in [0.4, 0.5) is 0 Å². The van der Waals surface area contributed by atoms with Gasteiger partial charge < -0.3 is 9.80 Å². The second-order valence-electron chi connectivity index (χ2n) is 7.49. The van der Waals surface area contributed by atoms with Gasteiger partial charge in [0.25, 0.3) is 0 Å². The van der Waals surface area contributed by atoms with Gasteiger partial charge in [-0.3, -0.25) is 14.6 Å². The lowest BCUT2D eigenvalue weighted by Gasteiger charge is -2.39. The van der Waals surface area contributed by atoms with Crippen molar-refractivity contribution in [2.45, 2.75) is 64.1 Å². The molecule has 0 bridgehead atoms. The Balaban J connectivity index is 1.48. The SMILES string of the molecule is Cc1cccc(CN2C(=O)CC[C@@H]3[C@H]2CCN3C(=O)CC2CC2)n1. The molecule has 1 aromatic heterocycles. The highest BCUT2D eigenvalue weighted by Crippen LogP contribution is 2.36. The van der Waals surface area contributed by atoms with Crippen molar-refractivity contribution < 1.29 is 9.59 Å². The maximum atomic E-state index is 12.6. The number of pyridine rings is 1. The quantitative estimate of drug-likeness (QED) is 0.852. The van der Waals surface area contributed by atoms with E-state index in [1.807, 2.05) is 30.0 Å². The van der Waals surface area contributed by atoms with Crippen LogP contribution in [-0.2, 0) is 16.1 Å². The van der Waals surface area contributed by atoms with Crippen LogP contribution in [0.15, 0.2) is 18.2 Å². The van der Waals surface area contributed by atoms with E-state index in [4.69, 9.17) is 0 Å². The smallest absolute Gasteiger partial charge is 0.223 e. The average molecular weight is 327 g/mol. The lowest BCUT2D eigenvalue weighted by Crippen LogP contribution is -2.52. The molecular weight excluding hydrogens is 302 g/mol. The summed E-state index contributed by atoms with van der Waals surface area (Å²) in [5, 5.41) is 0. The van der Waals surface area contributed by atoms with E-state index in [9.17, 15) is 9.59 Å². The number of fused-ring (bicyclic) bond motifs is 1. The fourth-order valence-corrected chi connectivity index (χ4v) is 4.21. The molecule has 3 fully saturated rings. The van der Waals surface area contributed by atoms with Crippen LogP contribution in [-0.4, -0.2) is 45.2 Å². The highest BCUT2D eigenvalue weighted by molar-refractivity contribution is 5.80. The molecule has 0 N–H and O–H groups in total. The predicted octanol–water partition coefficient (Wildman–Crippen LogP) is 2.28. The number of likely N-dealkylation sites (tertiary alicyclic amines) is 2. The highest BCUT2D eigenvalue weighted by Gasteiger charge is 2.45. The topological polar surface area (TPSA) is 53.5 Å². The fraction of sp³-hybridized carbons (Fsp3) is 0.632. The zero-order chi connectivity index (χ0) is 16.7. The number of nitrogens with zero attached hydrogens (tertiary/aromatic N) is 3. The maximum absolute atomic E-state index is 12.6. The van der Waals surface area contributed by atoms with Gasteiger partial charge in [-0.15, -0.1) is 0 Å². The minimum absolute atomic E-state index is 0.164. The molecule has 3 heterocycles. The minimum Gasteiger partial charge on any atom is -0.338 e. The van der Waals surface area contributed by atoms with Gasteiger partial charge >= 0.3 is 0 Å². The predicted molar refractivity (Wildman–Crippen MR) is 90.0 cm³/mol. The van der Waals surface area contributed by atoms with Crippen LogP contribution in [0, 0.1) is 12.8 Å². The van der Waals surface area contributed by atoms with Crippen molar-refractivity contribution in [3.05, 3.63) is 29.6 Å². The number of carbonyl (C=O) groups is 2. The number of hydrogen-bond acceptors (Lipinski definition) is 3. The van der Waals surface area contributed by atoms with E-state index in [1.165, 1.54) is 12.8 Å². The molecule has 1 aromatic rings. The van der Waals surface area contributed by atoms with Crippen LogP contribution in [0.1, 0.15) is 49.9 Å². The van der Waals surface area contributed by atoms with Gasteiger partial charge in [0.2, 0.25) is 11.8 Å². The zero-order valence-electron chi connectivity index (χ0n) is 14.3. The molecule has 3 aliphatic rings. The van der Waals surface area contributed by atoms with Gasteiger partial charge in [-0.25, -0.2) is 0 Å². The van der Waals surface area contributed by atoms with E-state index in [1.54, 1.807) is 0 Å². The number of piperidine rings is 1. The summed E-state index contributed by atoms with van der Waals surface area (Å²) in [4.78, 5) is 33.6. The molecule has 4 rings (SSSR count). The van der Waals surface area contributed by atoms with E-state index >= 15 is 0 Å². The summed E-state index contributed by atoms with van der Waals surface area (Å²) in [7, 11) is 0. The summed E-state index contributed by atoms with van der Waals surface area (Å²) < 4.78 is 0. The Kier molecular flexibility index (Phi) is 4.02. The standard InChI is InChI=1S/C19H25N3O2/c1-13-3-2-4-15(20-13)12-22-17-9-10-21(16(17)7-8-18(22)23)19(24)11-14-5-6-14/h2-4,14,16-17H,5-12H2,1H3/t16-,17-/m1/s1. The maximum Gasteiger partial charge on any atom is 0.223 e. The molecule has 1 saturated carbocycles. The van der Waals surface area contributed by atoms with Crippen LogP contribution in [0.2, 0.25) is 0 Å². The molecule has 2 aliphatic heterocycles. The largest absolute Gasteiger partial charge is 0.338 e. The van der Waals surface area contributed by atoms with E-state index in [0.717, 1.165) is 30.8 Å². The Morgan fingerprint density at radius 1 is 1.21 bits per heavy atom. The summed E-state index contributed by atoms with van der Waals surface area (Å²) in [6.45, 7) is 3.33. The van der Waals surface area contributed by atoms with Gasteiger partial charge in [0, 0.05) is 25.1 Å². The number of amides is 2. The molecule has 0 aromatic carbocycles. The van der Waals surface area contributed by atoms with Gasteiger partial charge in [-0.2, -0.15) is 0 Å². The van der Waals surface area contributed by atoms with Crippen molar-refractivity contribution >= 4 is 11.8 Å². The van der Waals surface area contributed by atoms with E-state index in [0.29, 0.717) is 31.2 Å². The highest BCUT2D eigenvalue weighted by atomic mass is 16.2. The monoisotopic (exact) mass is 327 g/mol. The molecule has 2 saturated heterocycles. The lowest BCUT2D eigenvalue weighted by atomic mass is 9.95. The summed E-state index contributed by atoms with van der Waals surface area (Å²) in [6, 6.07) is 6.31. The second-order valence-corrected chi connectivity index (χ2v) is 7.49. The molecule has 128 valence electrons. The third-order valence-electron chi connectivity index (χ3n) is 5.64. The van der Waals surface area contributed by atoms with Gasteiger partial charge in [-0.05, 0) is 50.7 Å².